The Morgan fingerprint density at radius 3 is 2.29 bits per heavy atom. The average Bonchev–Trinajstić information content (AvgIpc) is 2.50. The van der Waals surface area contributed by atoms with Gasteiger partial charge in [0.1, 0.15) is 23.9 Å². The number of carbonyl (C=O) groups excluding carboxylic acids is 2. The summed E-state index contributed by atoms with van der Waals surface area (Å²) in [5.74, 6) is -3.09. The molecule has 0 aliphatic heterocycles. The van der Waals surface area contributed by atoms with Gasteiger partial charge in [-0.3, -0.25) is 14.5 Å². The van der Waals surface area contributed by atoms with Gasteiger partial charge in [0, 0.05) is 17.6 Å². The van der Waals surface area contributed by atoms with Gasteiger partial charge in [0.15, 0.2) is 0 Å². The van der Waals surface area contributed by atoms with Crippen molar-refractivity contribution < 1.29 is 18.4 Å². The third-order valence-corrected chi connectivity index (χ3v) is 3.84. The van der Waals surface area contributed by atoms with Crippen LogP contribution in [-0.2, 0) is 9.59 Å². The Bertz CT molecular complexity index is 776. The first kappa shape index (κ1) is 17.9. The summed E-state index contributed by atoms with van der Waals surface area (Å²) in [6.07, 6.45) is 0. The van der Waals surface area contributed by atoms with Crippen LogP contribution < -0.4 is 10.2 Å². The lowest BCUT2D eigenvalue weighted by Gasteiger charge is -2.22. The lowest BCUT2D eigenvalue weighted by molar-refractivity contribution is -0.120. The smallest absolute Gasteiger partial charge is 0.244 e. The molecule has 2 aromatic rings. The first-order valence-electron chi connectivity index (χ1n) is 7.08. The molecule has 2 amide bonds. The van der Waals surface area contributed by atoms with E-state index in [0.29, 0.717) is 16.3 Å². The van der Waals surface area contributed by atoms with Gasteiger partial charge in [0.2, 0.25) is 11.8 Å². The van der Waals surface area contributed by atoms with Crippen LogP contribution in [0.4, 0.5) is 20.2 Å². The van der Waals surface area contributed by atoms with Crippen LogP contribution in [-0.4, -0.2) is 18.4 Å². The number of nitrogens with one attached hydrogen (secondary N) is 1. The number of hydrogen-bond donors (Lipinski definition) is 1. The third-order valence-electron chi connectivity index (χ3n) is 3.43. The molecular formula is C17H15ClF2N2O2. The quantitative estimate of drug-likeness (QED) is 0.906. The summed E-state index contributed by atoms with van der Waals surface area (Å²) in [4.78, 5) is 24.7. The van der Waals surface area contributed by atoms with Crippen molar-refractivity contribution >= 4 is 34.8 Å². The number of rotatable bonds is 4. The molecule has 0 heterocycles. The van der Waals surface area contributed by atoms with E-state index >= 15 is 0 Å². The van der Waals surface area contributed by atoms with E-state index in [-0.39, 0.29) is 0 Å². The number of nitrogens with zero attached hydrogens (tertiary/aromatic N) is 1. The van der Waals surface area contributed by atoms with E-state index < -0.39 is 35.7 Å². The standard InChI is InChI=1S/C17H15ClF2N2O2/c1-10-12(18)5-3-8-15(10)21-16(24)9-22(11(2)23)17-13(19)6-4-7-14(17)20/h3-8H,9H2,1-2H3,(H,21,24). The Labute approximate surface area is 143 Å². The lowest BCUT2D eigenvalue weighted by Crippen LogP contribution is -2.38. The molecule has 0 spiro atoms. The number of para-hydroxylation sites is 1. The molecule has 0 unspecified atom stereocenters. The number of carbonyl (C=O) groups is 2. The van der Waals surface area contributed by atoms with Crippen LogP contribution in [0.1, 0.15) is 12.5 Å². The normalized spacial score (nSPS) is 10.4. The largest absolute Gasteiger partial charge is 0.324 e. The number of benzene rings is 2. The summed E-state index contributed by atoms with van der Waals surface area (Å²) >= 11 is 5.98. The minimum atomic E-state index is -0.920. The van der Waals surface area contributed by atoms with Crippen molar-refractivity contribution in [1.82, 2.24) is 0 Å². The van der Waals surface area contributed by atoms with Gasteiger partial charge in [0.25, 0.3) is 0 Å². The van der Waals surface area contributed by atoms with Crippen molar-refractivity contribution in [3.05, 3.63) is 58.6 Å². The van der Waals surface area contributed by atoms with Crippen molar-refractivity contribution in [2.75, 3.05) is 16.8 Å². The molecule has 0 atom stereocenters. The van der Waals surface area contributed by atoms with Gasteiger partial charge in [-0.25, -0.2) is 8.78 Å². The minimum absolute atomic E-state index is 0.463. The highest BCUT2D eigenvalue weighted by Gasteiger charge is 2.23. The van der Waals surface area contributed by atoms with E-state index in [1.807, 2.05) is 0 Å². The van der Waals surface area contributed by atoms with Crippen LogP contribution in [0.2, 0.25) is 5.02 Å². The van der Waals surface area contributed by atoms with Gasteiger partial charge in [-0.05, 0) is 36.8 Å². The first-order chi connectivity index (χ1) is 11.3. The Morgan fingerprint density at radius 1 is 1.12 bits per heavy atom. The van der Waals surface area contributed by atoms with Crippen LogP contribution in [0.25, 0.3) is 0 Å². The summed E-state index contributed by atoms with van der Waals surface area (Å²) in [6.45, 7) is 2.32. The van der Waals surface area contributed by atoms with Crippen molar-refractivity contribution in [1.29, 1.82) is 0 Å². The Morgan fingerprint density at radius 2 is 1.71 bits per heavy atom. The summed E-state index contributed by atoms with van der Waals surface area (Å²) in [5, 5.41) is 3.05. The van der Waals surface area contributed by atoms with Gasteiger partial charge in [-0.15, -0.1) is 0 Å². The SMILES string of the molecule is CC(=O)N(CC(=O)Nc1cccc(Cl)c1C)c1c(F)cccc1F. The molecule has 0 aliphatic rings. The highest BCUT2D eigenvalue weighted by atomic mass is 35.5. The molecule has 7 heteroatoms. The predicted molar refractivity (Wildman–Crippen MR) is 89.2 cm³/mol. The second-order valence-corrected chi connectivity index (χ2v) is 5.54. The highest BCUT2D eigenvalue weighted by Crippen LogP contribution is 2.25. The van der Waals surface area contributed by atoms with Gasteiger partial charge < -0.3 is 5.32 Å². The molecular weight excluding hydrogens is 338 g/mol. The van der Waals surface area contributed by atoms with Crippen molar-refractivity contribution in [2.24, 2.45) is 0 Å². The van der Waals surface area contributed by atoms with Gasteiger partial charge >= 0.3 is 0 Å². The second kappa shape index (κ2) is 7.40. The molecule has 0 bridgehead atoms. The molecule has 0 saturated carbocycles. The van der Waals surface area contributed by atoms with Crippen LogP contribution in [0.15, 0.2) is 36.4 Å². The van der Waals surface area contributed by atoms with Crippen LogP contribution in [0, 0.1) is 18.6 Å². The van der Waals surface area contributed by atoms with Crippen molar-refractivity contribution in [3.63, 3.8) is 0 Å². The van der Waals surface area contributed by atoms with E-state index in [2.05, 4.69) is 5.32 Å². The Kier molecular flexibility index (Phi) is 5.51. The molecule has 24 heavy (non-hydrogen) atoms. The zero-order chi connectivity index (χ0) is 17.9. The zero-order valence-electron chi connectivity index (χ0n) is 13.1. The van der Waals surface area contributed by atoms with Crippen LogP contribution in [0.5, 0.6) is 0 Å². The lowest BCUT2D eigenvalue weighted by atomic mass is 10.2. The molecule has 126 valence electrons. The molecule has 2 rings (SSSR count). The van der Waals surface area contributed by atoms with Gasteiger partial charge in [0.05, 0.1) is 0 Å². The fourth-order valence-corrected chi connectivity index (χ4v) is 2.35. The van der Waals surface area contributed by atoms with Crippen LogP contribution in [0.3, 0.4) is 0 Å². The third kappa shape index (κ3) is 3.89. The maximum atomic E-state index is 13.9. The molecule has 0 fully saturated rings. The molecule has 4 nitrogen and oxygen atoms in total. The summed E-state index contributed by atoms with van der Waals surface area (Å²) in [7, 11) is 0. The monoisotopic (exact) mass is 352 g/mol. The fourth-order valence-electron chi connectivity index (χ4n) is 2.17. The molecule has 0 saturated heterocycles. The summed E-state index contributed by atoms with van der Waals surface area (Å²) in [5.41, 5.74) is 0.562. The minimum Gasteiger partial charge on any atom is -0.324 e. The van der Waals surface area contributed by atoms with Crippen molar-refractivity contribution in [3.8, 4) is 0 Å². The van der Waals surface area contributed by atoms with E-state index in [1.54, 1.807) is 25.1 Å². The van der Waals surface area contributed by atoms with E-state index in [0.717, 1.165) is 24.0 Å². The van der Waals surface area contributed by atoms with Crippen LogP contribution >= 0.6 is 11.6 Å². The molecule has 1 N–H and O–H groups in total. The fraction of sp³-hybridized carbons (Fsp3) is 0.176. The zero-order valence-corrected chi connectivity index (χ0v) is 13.8. The van der Waals surface area contributed by atoms with E-state index in [9.17, 15) is 18.4 Å². The molecule has 0 radical (unpaired) electrons. The Balaban J connectivity index is 2.24. The summed E-state index contributed by atoms with van der Waals surface area (Å²) in [6, 6.07) is 8.19. The number of hydrogen-bond acceptors (Lipinski definition) is 2. The maximum Gasteiger partial charge on any atom is 0.244 e. The maximum absolute atomic E-state index is 13.9. The average molecular weight is 353 g/mol. The van der Waals surface area contributed by atoms with Gasteiger partial charge in [-0.1, -0.05) is 23.7 Å². The first-order valence-corrected chi connectivity index (χ1v) is 7.46. The number of anilines is 2. The van der Waals surface area contributed by atoms with E-state index in [1.165, 1.54) is 6.07 Å². The Hall–Kier alpha value is -2.47. The van der Waals surface area contributed by atoms with Gasteiger partial charge in [-0.2, -0.15) is 0 Å². The molecule has 2 aromatic carbocycles. The second-order valence-electron chi connectivity index (χ2n) is 5.14. The highest BCUT2D eigenvalue weighted by molar-refractivity contribution is 6.31. The molecule has 0 aromatic heterocycles. The number of halogens is 3. The molecule has 0 aliphatic carbocycles. The topological polar surface area (TPSA) is 49.4 Å². The van der Waals surface area contributed by atoms with E-state index in [4.69, 9.17) is 11.6 Å². The number of amides is 2. The van der Waals surface area contributed by atoms with Crippen molar-refractivity contribution in [2.45, 2.75) is 13.8 Å². The predicted octanol–water partition coefficient (Wildman–Crippen LogP) is 3.92. The summed E-state index contributed by atoms with van der Waals surface area (Å²) < 4.78 is 27.7.